The van der Waals surface area contributed by atoms with E-state index in [1.165, 1.54) is 6.07 Å². The van der Waals surface area contributed by atoms with Gasteiger partial charge in [0, 0.05) is 5.56 Å². The lowest BCUT2D eigenvalue weighted by molar-refractivity contribution is 0.0881. The molecule has 76 valence electrons. The van der Waals surface area contributed by atoms with E-state index in [0.29, 0.717) is 18.8 Å². The molecule has 4 heteroatoms. The highest BCUT2D eigenvalue weighted by Gasteiger charge is 2.23. The first-order valence-electron chi connectivity index (χ1n) is 4.43. The molecule has 14 heavy (non-hydrogen) atoms. The minimum atomic E-state index is -2.46. The average molecular weight is 199 g/mol. The van der Waals surface area contributed by atoms with Crippen molar-refractivity contribution >= 4 is 0 Å². The molecule has 1 atom stereocenters. The minimum Gasteiger partial charge on any atom is -0.375 e. The smallest absolute Gasteiger partial charge is 0.264 e. The fourth-order valence-electron chi connectivity index (χ4n) is 1.78. The topological polar surface area (TPSA) is 35.2 Å². The molecule has 2 N–H and O–H groups in total. The van der Waals surface area contributed by atoms with Crippen LogP contribution < -0.4 is 5.73 Å². The second-order valence-corrected chi connectivity index (χ2v) is 3.34. The van der Waals surface area contributed by atoms with Gasteiger partial charge in [0.25, 0.3) is 6.43 Å². The molecule has 1 aromatic carbocycles. The number of ether oxygens (including phenoxy) is 1. The summed E-state index contributed by atoms with van der Waals surface area (Å²) in [6.07, 6.45) is -2.46. The Morgan fingerprint density at radius 1 is 1.43 bits per heavy atom. The van der Waals surface area contributed by atoms with Crippen LogP contribution >= 0.6 is 0 Å². The molecule has 1 aliphatic heterocycles. The van der Waals surface area contributed by atoms with E-state index in [2.05, 4.69) is 0 Å². The lowest BCUT2D eigenvalue weighted by Crippen LogP contribution is -2.25. The maximum Gasteiger partial charge on any atom is 0.264 e. The molecule has 0 aliphatic carbocycles. The van der Waals surface area contributed by atoms with Crippen LogP contribution in [-0.2, 0) is 11.3 Å². The van der Waals surface area contributed by atoms with Crippen molar-refractivity contribution in [2.75, 3.05) is 6.61 Å². The Hall–Kier alpha value is -1.00. The molecule has 1 heterocycles. The minimum absolute atomic E-state index is 0.0401. The van der Waals surface area contributed by atoms with E-state index in [1.807, 2.05) is 0 Å². The maximum absolute atomic E-state index is 12.6. The largest absolute Gasteiger partial charge is 0.375 e. The van der Waals surface area contributed by atoms with E-state index in [1.54, 1.807) is 12.1 Å². The van der Waals surface area contributed by atoms with Crippen molar-refractivity contribution in [1.82, 2.24) is 0 Å². The average Bonchev–Trinajstić information content (AvgIpc) is 2.17. The number of halogens is 2. The predicted octanol–water partition coefficient (Wildman–Crippen LogP) is 2.15. The fourth-order valence-corrected chi connectivity index (χ4v) is 1.78. The van der Waals surface area contributed by atoms with Gasteiger partial charge in [0.05, 0.1) is 19.3 Å². The zero-order valence-corrected chi connectivity index (χ0v) is 7.54. The maximum atomic E-state index is 12.6. The molecule has 0 spiro atoms. The van der Waals surface area contributed by atoms with Gasteiger partial charge < -0.3 is 10.5 Å². The van der Waals surface area contributed by atoms with Crippen LogP contribution in [0.4, 0.5) is 8.78 Å². The van der Waals surface area contributed by atoms with Crippen molar-refractivity contribution in [3.8, 4) is 0 Å². The summed E-state index contributed by atoms with van der Waals surface area (Å²) >= 11 is 0. The molecule has 1 aliphatic rings. The van der Waals surface area contributed by atoms with Gasteiger partial charge in [0.2, 0.25) is 0 Å². The van der Waals surface area contributed by atoms with E-state index in [4.69, 9.17) is 10.5 Å². The third-order valence-electron chi connectivity index (χ3n) is 2.39. The first-order chi connectivity index (χ1) is 6.70. The Kier molecular flexibility index (Phi) is 2.48. The molecular formula is C10H11F2NO. The van der Waals surface area contributed by atoms with Gasteiger partial charge in [-0.15, -0.1) is 0 Å². The van der Waals surface area contributed by atoms with Crippen LogP contribution in [0, 0.1) is 0 Å². The van der Waals surface area contributed by atoms with Crippen molar-refractivity contribution in [3.05, 3.63) is 34.9 Å². The van der Waals surface area contributed by atoms with Crippen LogP contribution in [-0.4, -0.2) is 6.61 Å². The van der Waals surface area contributed by atoms with E-state index in [-0.39, 0.29) is 5.56 Å². The van der Waals surface area contributed by atoms with Gasteiger partial charge in [0.15, 0.2) is 0 Å². The Labute approximate surface area is 80.7 Å². The summed E-state index contributed by atoms with van der Waals surface area (Å²) in [5.74, 6) is 0. The Balaban J connectivity index is 2.52. The van der Waals surface area contributed by atoms with E-state index in [9.17, 15) is 8.78 Å². The summed E-state index contributed by atoms with van der Waals surface area (Å²) in [7, 11) is 0. The normalized spacial score (nSPS) is 21.0. The molecule has 0 unspecified atom stereocenters. The summed E-state index contributed by atoms with van der Waals surface area (Å²) in [6.45, 7) is 0.695. The number of alkyl halides is 2. The molecular weight excluding hydrogens is 188 g/mol. The van der Waals surface area contributed by atoms with Crippen LogP contribution in [0.5, 0.6) is 0 Å². The van der Waals surface area contributed by atoms with Gasteiger partial charge in [0.1, 0.15) is 0 Å². The fraction of sp³-hybridized carbons (Fsp3) is 0.400. The molecule has 2 nitrogen and oxygen atoms in total. The Bertz CT molecular complexity index is 341. The Morgan fingerprint density at radius 2 is 2.21 bits per heavy atom. The number of rotatable bonds is 1. The number of hydrogen-bond donors (Lipinski definition) is 1. The molecule has 0 saturated carbocycles. The SMILES string of the molecule is N[C@H]1COCc2cccc(C(F)F)c21. The van der Waals surface area contributed by atoms with Crippen molar-refractivity contribution < 1.29 is 13.5 Å². The second-order valence-electron chi connectivity index (χ2n) is 3.34. The second kappa shape index (κ2) is 3.63. The highest BCUT2D eigenvalue weighted by Crippen LogP contribution is 2.32. The summed E-state index contributed by atoms with van der Waals surface area (Å²) in [5, 5.41) is 0. The van der Waals surface area contributed by atoms with Gasteiger partial charge in [-0.3, -0.25) is 0 Å². The van der Waals surface area contributed by atoms with Gasteiger partial charge in [-0.2, -0.15) is 0 Å². The lowest BCUT2D eigenvalue weighted by Gasteiger charge is -2.25. The molecule has 0 radical (unpaired) electrons. The summed E-state index contributed by atoms with van der Waals surface area (Å²) in [4.78, 5) is 0. The van der Waals surface area contributed by atoms with Gasteiger partial charge in [-0.1, -0.05) is 18.2 Å². The van der Waals surface area contributed by atoms with Gasteiger partial charge >= 0.3 is 0 Å². The molecule has 0 amide bonds. The number of benzene rings is 1. The number of nitrogens with two attached hydrogens (primary N) is 1. The third kappa shape index (κ3) is 1.51. The standard InChI is InChI=1S/C10H11F2NO/c11-10(12)7-3-1-2-6-4-14-5-8(13)9(6)7/h1-3,8,10H,4-5,13H2/t8-/m0/s1. The molecule has 2 rings (SSSR count). The molecule has 0 bridgehead atoms. The highest BCUT2D eigenvalue weighted by atomic mass is 19.3. The monoisotopic (exact) mass is 199 g/mol. The molecule has 0 saturated heterocycles. The van der Waals surface area contributed by atoms with E-state index in [0.717, 1.165) is 5.56 Å². The highest BCUT2D eigenvalue weighted by molar-refractivity contribution is 5.39. The summed E-state index contributed by atoms with van der Waals surface area (Å²) < 4.78 is 30.4. The van der Waals surface area contributed by atoms with Crippen molar-refractivity contribution in [2.24, 2.45) is 5.73 Å². The lowest BCUT2D eigenvalue weighted by atomic mass is 9.94. The zero-order valence-electron chi connectivity index (χ0n) is 7.54. The van der Waals surface area contributed by atoms with Crippen molar-refractivity contribution in [1.29, 1.82) is 0 Å². The van der Waals surface area contributed by atoms with Gasteiger partial charge in [-0.05, 0) is 11.1 Å². The van der Waals surface area contributed by atoms with Crippen LogP contribution in [0.15, 0.2) is 18.2 Å². The third-order valence-corrected chi connectivity index (χ3v) is 2.39. The summed E-state index contributed by atoms with van der Waals surface area (Å²) in [6, 6.07) is 4.39. The van der Waals surface area contributed by atoms with Crippen molar-refractivity contribution in [3.63, 3.8) is 0 Å². The zero-order chi connectivity index (χ0) is 10.1. The predicted molar refractivity (Wildman–Crippen MR) is 48.0 cm³/mol. The Morgan fingerprint density at radius 3 is 2.93 bits per heavy atom. The van der Waals surface area contributed by atoms with Crippen LogP contribution in [0.25, 0.3) is 0 Å². The first-order valence-corrected chi connectivity index (χ1v) is 4.43. The molecule has 0 aromatic heterocycles. The first kappa shape index (κ1) is 9.55. The van der Waals surface area contributed by atoms with Crippen molar-refractivity contribution in [2.45, 2.75) is 19.1 Å². The van der Waals surface area contributed by atoms with E-state index >= 15 is 0 Å². The van der Waals surface area contributed by atoms with Crippen LogP contribution in [0.2, 0.25) is 0 Å². The number of hydrogen-bond acceptors (Lipinski definition) is 2. The molecule has 1 aromatic rings. The quantitative estimate of drug-likeness (QED) is 0.752. The summed E-state index contributed by atoms with van der Waals surface area (Å²) in [5.41, 5.74) is 7.11. The van der Waals surface area contributed by atoms with E-state index < -0.39 is 12.5 Å². The van der Waals surface area contributed by atoms with Crippen LogP contribution in [0.3, 0.4) is 0 Å². The van der Waals surface area contributed by atoms with Crippen LogP contribution in [0.1, 0.15) is 29.2 Å². The number of fused-ring (bicyclic) bond motifs is 1. The van der Waals surface area contributed by atoms with Gasteiger partial charge in [-0.25, -0.2) is 8.78 Å². The molecule has 0 fully saturated rings.